The van der Waals surface area contributed by atoms with Crippen LogP contribution in [-0.4, -0.2) is 11.2 Å². The number of hydrogen-bond donors (Lipinski definition) is 1. The van der Waals surface area contributed by atoms with Gasteiger partial charge in [0.15, 0.2) is 0 Å². The Labute approximate surface area is 119 Å². The lowest BCUT2D eigenvalue weighted by atomic mass is 9.63. The molecule has 1 heteroatoms. The van der Waals surface area contributed by atoms with Crippen molar-refractivity contribution in [3.8, 4) is 0 Å². The molecular weight excluding hydrogens is 232 g/mol. The first-order chi connectivity index (χ1) is 8.95. The highest BCUT2D eigenvalue weighted by molar-refractivity contribution is 5.27. The Balaban J connectivity index is 1.95. The lowest BCUT2D eigenvalue weighted by Crippen LogP contribution is -2.37. The zero-order chi connectivity index (χ0) is 14.0. The van der Waals surface area contributed by atoms with Crippen molar-refractivity contribution in [3.05, 3.63) is 11.6 Å². The molecule has 110 valence electrons. The third-order valence-corrected chi connectivity index (χ3v) is 5.73. The lowest BCUT2D eigenvalue weighted by Gasteiger charge is -2.43. The molecule has 0 aliphatic heterocycles. The summed E-state index contributed by atoms with van der Waals surface area (Å²) in [6.45, 7) is 9.49. The van der Waals surface area contributed by atoms with Crippen LogP contribution < -0.4 is 0 Å². The molecule has 0 spiro atoms. The minimum Gasteiger partial charge on any atom is -0.389 e. The maximum absolute atomic E-state index is 10.2. The van der Waals surface area contributed by atoms with Gasteiger partial charge in [-0.2, -0.15) is 0 Å². The van der Waals surface area contributed by atoms with Crippen LogP contribution in [0, 0.1) is 23.2 Å². The van der Waals surface area contributed by atoms with E-state index in [1.165, 1.54) is 44.1 Å². The van der Waals surface area contributed by atoms with Crippen molar-refractivity contribution in [2.45, 2.75) is 78.7 Å². The highest BCUT2D eigenvalue weighted by Gasteiger charge is 2.47. The summed E-state index contributed by atoms with van der Waals surface area (Å²) in [5.74, 6) is 2.39. The van der Waals surface area contributed by atoms with Gasteiger partial charge in [0.2, 0.25) is 0 Å². The van der Waals surface area contributed by atoms with Crippen molar-refractivity contribution in [3.63, 3.8) is 0 Å². The molecule has 1 nitrogen and oxygen atoms in total. The number of fused-ring (bicyclic) bond motifs is 1. The molecule has 0 radical (unpaired) electrons. The summed E-state index contributed by atoms with van der Waals surface area (Å²) in [6.07, 6.45) is 11.0. The number of allylic oxidation sites excluding steroid dienone is 1. The van der Waals surface area contributed by atoms with E-state index in [-0.39, 0.29) is 6.10 Å². The largest absolute Gasteiger partial charge is 0.389 e. The van der Waals surface area contributed by atoms with Gasteiger partial charge in [0, 0.05) is 0 Å². The van der Waals surface area contributed by atoms with Crippen LogP contribution in [0.25, 0.3) is 0 Å². The summed E-state index contributed by atoms with van der Waals surface area (Å²) >= 11 is 0. The Bertz CT molecular complexity index is 331. The van der Waals surface area contributed by atoms with Gasteiger partial charge in [-0.15, -0.1) is 0 Å². The Morgan fingerprint density at radius 2 is 2.05 bits per heavy atom. The summed E-state index contributed by atoms with van der Waals surface area (Å²) in [6, 6.07) is 0. The van der Waals surface area contributed by atoms with E-state index in [1.807, 2.05) is 0 Å². The van der Waals surface area contributed by atoms with Gasteiger partial charge in [0.25, 0.3) is 0 Å². The van der Waals surface area contributed by atoms with E-state index >= 15 is 0 Å². The second-order valence-electron chi connectivity index (χ2n) is 7.63. The van der Waals surface area contributed by atoms with Crippen molar-refractivity contribution >= 4 is 0 Å². The van der Waals surface area contributed by atoms with Crippen LogP contribution in [0.1, 0.15) is 72.6 Å². The predicted octanol–water partition coefficient (Wildman–Crippen LogP) is 4.95. The Morgan fingerprint density at radius 1 is 1.32 bits per heavy atom. The SMILES string of the molecule is CC(C)CCC[C@@H](C)[C@H]1CC=C2C(O)CCC[C@@]21C. The highest BCUT2D eigenvalue weighted by atomic mass is 16.3. The summed E-state index contributed by atoms with van der Waals surface area (Å²) in [7, 11) is 0. The van der Waals surface area contributed by atoms with Crippen LogP contribution in [0.4, 0.5) is 0 Å². The van der Waals surface area contributed by atoms with Gasteiger partial charge in [-0.3, -0.25) is 0 Å². The maximum Gasteiger partial charge on any atom is 0.0755 e. The third kappa shape index (κ3) is 3.07. The Hall–Kier alpha value is -0.300. The van der Waals surface area contributed by atoms with E-state index < -0.39 is 0 Å². The summed E-state index contributed by atoms with van der Waals surface area (Å²) in [5, 5.41) is 10.2. The van der Waals surface area contributed by atoms with Crippen LogP contribution in [0.3, 0.4) is 0 Å². The van der Waals surface area contributed by atoms with Gasteiger partial charge in [0.1, 0.15) is 0 Å². The first kappa shape index (κ1) is 15.1. The van der Waals surface area contributed by atoms with Gasteiger partial charge in [-0.25, -0.2) is 0 Å². The topological polar surface area (TPSA) is 20.2 Å². The molecule has 0 bridgehead atoms. The van der Waals surface area contributed by atoms with Gasteiger partial charge in [-0.05, 0) is 54.4 Å². The highest BCUT2D eigenvalue weighted by Crippen LogP contribution is 2.55. The second-order valence-corrected chi connectivity index (χ2v) is 7.63. The molecule has 0 heterocycles. The van der Waals surface area contributed by atoms with E-state index in [1.54, 1.807) is 0 Å². The molecule has 1 fully saturated rings. The molecule has 0 aromatic carbocycles. The second kappa shape index (κ2) is 5.99. The molecule has 4 atom stereocenters. The van der Waals surface area contributed by atoms with Gasteiger partial charge in [0.05, 0.1) is 6.10 Å². The molecule has 2 aliphatic rings. The summed E-state index contributed by atoms with van der Waals surface area (Å²) in [5.41, 5.74) is 1.68. The fourth-order valence-electron chi connectivity index (χ4n) is 4.54. The minimum absolute atomic E-state index is 0.147. The molecule has 2 rings (SSSR count). The minimum atomic E-state index is -0.147. The summed E-state index contributed by atoms with van der Waals surface area (Å²) in [4.78, 5) is 0. The summed E-state index contributed by atoms with van der Waals surface area (Å²) < 4.78 is 0. The zero-order valence-corrected chi connectivity index (χ0v) is 13.3. The van der Waals surface area contributed by atoms with Gasteiger partial charge >= 0.3 is 0 Å². The smallest absolute Gasteiger partial charge is 0.0755 e. The molecule has 1 saturated carbocycles. The fourth-order valence-corrected chi connectivity index (χ4v) is 4.54. The predicted molar refractivity (Wildman–Crippen MR) is 82.0 cm³/mol. The van der Waals surface area contributed by atoms with E-state index in [0.29, 0.717) is 5.41 Å². The lowest BCUT2D eigenvalue weighted by molar-refractivity contribution is 0.0809. The van der Waals surface area contributed by atoms with Gasteiger partial charge < -0.3 is 5.11 Å². The molecular formula is C18H32O. The number of aliphatic hydroxyl groups excluding tert-OH is 1. The quantitative estimate of drug-likeness (QED) is 0.697. The van der Waals surface area contributed by atoms with Crippen molar-refractivity contribution in [2.24, 2.45) is 23.2 Å². The Kier molecular flexibility index (Phi) is 4.76. The van der Waals surface area contributed by atoms with Crippen molar-refractivity contribution < 1.29 is 5.11 Å². The monoisotopic (exact) mass is 264 g/mol. The van der Waals surface area contributed by atoms with Crippen LogP contribution in [0.5, 0.6) is 0 Å². The number of rotatable bonds is 5. The molecule has 1 unspecified atom stereocenters. The number of hydrogen-bond acceptors (Lipinski definition) is 1. The van der Waals surface area contributed by atoms with E-state index in [2.05, 4.69) is 33.8 Å². The third-order valence-electron chi connectivity index (χ3n) is 5.73. The normalized spacial score (nSPS) is 36.2. The Morgan fingerprint density at radius 3 is 2.74 bits per heavy atom. The van der Waals surface area contributed by atoms with Crippen LogP contribution in [0.15, 0.2) is 11.6 Å². The van der Waals surface area contributed by atoms with Crippen LogP contribution in [-0.2, 0) is 0 Å². The first-order valence-electron chi connectivity index (χ1n) is 8.33. The van der Waals surface area contributed by atoms with Gasteiger partial charge in [-0.1, -0.05) is 53.0 Å². The standard InChI is InChI=1S/C18H32O/c1-13(2)7-5-8-14(3)15-10-11-16-17(19)9-6-12-18(15,16)4/h11,13-15,17,19H,5-10,12H2,1-4H3/t14-,15-,17?,18-/m1/s1. The van der Waals surface area contributed by atoms with Crippen LogP contribution >= 0.6 is 0 Å². The molecule has 0 aromatic heterocycles. The molecule has 1 N–H and O–H groups in total. The van der Waals surface area contributed by atoms with Crippen molar-refractivity contribution in [1.29, 1.82) is 0 Å². The molecule has 2 aliphatic carbocycles. The van der Waals surface area contributed by atoms with E-state index in [4.69, 9.17) is 0 Å². The van der Waals surface area contributed by atoms with Crippen LogP contribution in [0.2, 0.25) is 0 Å². The molecule has 0 aromatic rings. The van der Waals surface area contributed by atoms with Crippen molar-refractivity contribution in [2.75, 3.05) is 0 Å². The maximum atomic E-state index is 10.2. The average molecular weight is 264 g/mol. The first-order valence-corrected chi connectivity index (χ1v) is 8.33. The average Bonchev–Trinajstić information content (AvgIpc) is 2.67. The molecule has 0 amide bonds. The molecule has 0 saturated heterocycles. The van der Waals surface area contributed by atoms with E-state index in [0.717, 1.165) is 24.2 Å². The van der Waals surface area contributed by atoms with E-state index in [9.17, 15) is 5.11 Å². The fraction of sp³-hybridized carbons (Fsp3) is 0.889. The number of aliphatic hydroxyl groups is 1. The zero-order valence-electron chi connectivity index (χ0n) is 13.3. The van der Waals surface area contributed by atoms with Crippen molar-refractivity contribution in [1.82, 2.24) is 0 Å². The molecule has 19 heavy (non-hydrogen) atoms.